The number of hydrogen-bond donors (Lipinski definition) is 0. The van der Waals surface area contributed by atoms with Crippen molar-refractivity contribution in [2.24, 2.45) is 5.92 Å². The Hall–Kier alpha value is -5.09. The van der Waals surface area contributed by atoms with E-state index in [0.29, 0.717) is 43.4 Å². The standard InChI is InChI=1S/C43H50N4O6/c1-30(2)53-34-10-7-9-31(25-34)26-40(48)46-23-19-43(29-46,33-14-15-38(50-3)39(27-33)51-4)18-22-45-20-16-32(17-21-45)41(49)42-44-36-12-5-6-13-37(36)47(42)28-35-11-8-24-52-35/h5-15,24-25,27,30,32H,16-23,26,28-29H2,1-4H3. The normalized spacial score (nSPS) is 18.2. The molecular formula is C43H50N4O6. The fourth-order valence-electron chi connectivity index (χ4n) is 8.08. The van der Waals surface area contributed by atoms with Crippen LogP contribution in [0.4, 0.5) is 0 Å². The fourth-order valence-corrected chi connectivity index (χ4v) is 8.08. The summed E-state index contributed by atoms with van der Waals surface area (Å²) >= 11 is 0. The molecule has 5 aromatic rings. The van der Waals surface area contributed by atoms with Gasteiger partial charge in [0.1, 0.15) is 11.5 Å². The van der Waals surface area contributed by atoms with Crippen molar-refractivity contribution in [2.45, 2.75) is 64.0 Å². The van der Waals surface area contributed by atoms with Crippen LogP contribution in [0.5, 0.6) is 17.2 Å². The van der Waals surface area contributed by atoms with Gasteiger partial charge in [0.2, 0.25) is 11.7 Å². The van der Waals surface area contributed by atoms with Gasteiger partial charge >= 0.3 is 0 Å². The number of methoxy groups -OCH3 is 2. The summed E-state index contributed by atoms with van der Waals surface area (Å²) in [6.45, 7) is 8.30. The Morgan fingerprint density at radius 1 is 0.925 bits per heavy atom. The predicted molar refractivity (Wildman–Crippen MR) is 204 cm³/mol. The van der Waals surface area contributed by atoms with Crippen LogP contribution < -0.4 is 14.2 Å². The topological polar surface area (TPSA) is 99.3 Å². The van der Waals surface area contributed by atoms with Crippen molar-refractivity contribution < 1.29 is 28.2 Å². The van der Waals surface area contributed by atoms with Gasteiger partial charge in [-0.15, -0.1) is 0 Å². The Morgan fingerprint density at radius 3 is 2.49 bits per heavy atom. The first-order valence-corrected chi connectivity index (χ1v) is 18.8. The van der Waals surface area contributed by atoms with Gasteiger partial charge in [-0.2, -0.15) is 0 Å². The highest BCUT2D eigenvalue weighted by Gasteiger charge is 2.42. The SMILES string of the molecule is COc1ccc(C2(CCN3CCC(C(=O)c4nc5ccccc5n4Cc4ccco4)CC3)CCN(C(=O)Cc3cccc(OC(C)C)c3)C2)cc1OC. The van der Waals surface area contributed by atoms with Gasteiger partial charge in [0.05, 0.1) is 50.6 Å². The molecule has 3 aromatic carbocycles. The number of carbonyl (C=O) groups is 2. The van der Waals surface area contributed by atoms with Crippen LogP contribution in [0.3, 0.4) is 0 Å². The van der Waals surface area contributed by atoms with E-state index in [9.17, 15) is 9.59 Å². The number of rotatable bonds is 14. The molecule has 0 aliphatic carbocycles. The third kappa shape index (κ3) is 7.98. The van der Waals surface area contributed by atoms with Crippen LogP contribution in [0, 0.1) is 5.92 Å². The summed E-state index contributed by atoms with van der Waals surface area (Å²) in [4.78, 5) is 37.1. The molecule has 7 rings (SSSR count). The maximum absolute atomic E-state index is 14.0. The first-order valence-electron chi connectivity index (χ1n) is 18.8. The van der Waals surface area contributed by atoms with Crippen LogP contribution in [0.15, 0.2) is 89.5 Å². The van der Waals surface area contributed by atoms with E-state index in [1.807, 2.05) is 90.0 Å². The summed E-state index contributed by atoms with van der Waals surface area (Å²) in [7, 11) is 3.31. The first kappa shape index (κ1) is 36.3. The van der Waals surface area contributed by atoms with Gasteiger partial charge in [0, 0.05) is 24.4 Å². The molecule has 2 aliphatic rings. The number of amides is 1. The zero-order valence-electron chi connectivity index (χ0n) is 31.3. The molecule has 2 saturated heterocycles. The minimum absolute atomic E-state index is 0.0654. The molecular weight excluding hydrogens is 668 g/mol. The molecule has 0 spiro atoms. The quantitative estimate of drug-likeness (QED) is 0.111. The van der Waals surface area contributed by atoms with Crippen LogP contribution in [0.25, 0.3) is 11.0 Å². The highest BCUT2D eigenvalue weighted by atomic mass is 16.5. The molecule has 10 heteroatoms. The highest BCUT2D eigenvalue weighted by Crippen LogP contribution is 2.42. The van der Waals surface area contributed by atoms with E-state index in [1.54, 1.807) is 20.5 Å². The van der Waals surface area contributed by atoms with Crippen LogP contribution >= 0.6 is 0 Å². The van der Waals surface area contributed by atoms with E-state index < -0.39 is 0 Å². The van der Waals surface area contributed by atoms with Gasteiger partial charge in [-0.1, -0.05) is 30.3 Å². The third-order valence-electron chi connectivity index (χ3n) is 11.0. The number of likely N-dealkylation sites (tertiary alicyclic amines) is 2. The Balaban J connectivity index is 1.04. The Kier molecular flexibility index (Phi) is 10.9. The average molecular weight is 719 g/mol. The lowest BCUT2D eigenvalue weighted by atomic mass is 9.76. The lowest BCUT2D eigenvalue weighted by Gasteiger charge is -2.36. The predicted octanol–water partition coefficient (Wildman–Crippen LogP) is 7.18. The Morgan fingerprint density at radius 2 is 1.74 bits per heavy atom. The molecule has 0 bridgehead atoms. The molecule has 278 valence electrons. The number of para-hydroxylation sites is 2. The molecule has 2 aromatic heterocycles. The zero-order valence-corrected chi connectivity index (χ0v) is 31.3. The molecule has 1 atom stereocenters. The first-order chi connectivity index (χ1) is 25.7. The molecule has 0 N–H and O–H groups in total. The van der Waals surface area contributed by atoms with E-state index in [4.69, 9.17) is 23.6 Å². The number of hydrogen-bond acceptors (Lipinski definition) is 8. The van der Waals surface area contributed by atoms with E-state index in [2.05, 4.69) is 17.0 Å². The number of carbonyl (C=O) groups excluding carboxylic acids is 2. The third-order valence-corrected chi connectivity index (χ3v) is 11.0. The van der Waals surface area contributed by atoms with Gasteiger partial charge in [0.25, 0.3) is 0 Å². The summed E-state index contributed by atoms with van der Waals surface area (Å²) in [6.07, 6.45) is 5.33. The van der Waals surface area contributed by atoms with Crippen molar-refractivity contribution in [1.82, 2.24) is 19.4 Å². The maximum Gasteiger partial charge on any atom is 0.227 e. The van der Waals surface area contributed by atoms with Gasteiger partial charge in [-0.05, 0) is 119 Å². The van der Waals surface area contributed by atoms with Gasteiger partial charge in [0.15, 0.2) is 17.3 Å². The minimum Gasteiger partial charge on any atom is -0.493 e. The van der Waals surface area contributed by atoms with Crippen LogP contribution in [0.2, 0.25) is 0 Å². The largest absolute Gasteiger partial charge is 0.493 e. The number of imidazole rings is 1. The van der Waals surface area contributed by atoms with Gasteiger partial charge in [-0.25, -0.2) is 4.98 Å². The van der Waals surface area contributed by atoms with E-state index >= 15 is 0 Å². The molecule has 2 fully saturated rings. The monoisotopic (exact) mass is 718 g/mol. The summed E-state index contributed by atoms with van der Waals surface area (Å²) in [5, 5.41) is 0. The van der Waals surface area contributed by atoms with Crippen LogP contribution in [-0.2, 0) is 23.2 Å². The summed E-state index contributed by atoms with van der Waals surface area (Å²) < 4.78 is 24.8. The molecule has 4 heterocycles. The van der Waals surface area contributed by atoms with Crippen molar-refractivity contribution in [3.05, 3.63) is 108 Å². The van der Waals surface area contributed by atoms with Gasteiger partial charge < -0.3 is 33.0 Å². The van der Waals surface area contributed by atoms with Crippen molar-refractivity contribution in [3.8, 4) is 17.2 Å². The average Bonchev–Trinajstić information content (AvgIpc) is 3.94. The molecule has 53 heavy (non-hydrogen) atoms. The molecule has 0 saturated carbocycles. The zero-order chi connectivity index (χ0) is 37.0. The number of nitrogens with zero attached hydrogens (tertiary/aromatic N) is 4. The molecule has 10 nitrogen and oxygen atoms in total. The number of piperidine rings is 1. The molecule has 2 aliphatic heterocycles. The lowest BCUT2D eigenvalue weighted by Crippen LogP contribution is -2.41. The summed E-state index contributed by atoms with van der Waals surface area (Å²) in [6, 6.07) is 25.7. The minimum atomic E-state index is -0.249. The van der Waals surface area contributed by atoms with E-state index in [0.717, 1.165) is 79.0 Å². The van der Waals surface area contributed by atoms with E-state index in [1.165, 1.54) is 0 Å². The van der Waals surface area contributed by atoms with Crippen LogP contribution in [-0.4, -0.2) is 84.1 Å². The second-order valence-corrected chi connectivity index (χ2v) is 14.7. The second-order valence-electron chi connectivity index (χ2n) is 14.7. The van der Waals surface area contributed by atoms with Gasteiger partial charge in [-0.3, -0.25) is 9.59 Å². The van der Waals surface area contributed by atoms with Crippen molar-refractivity contribution in [2.75, 3.05) is 46.9 Å². The van der Waals surface area contributed by atoms with Crippen molar-refractivity contribution in [3.63, 3.8) is 0 Å². The summed E-state index contributed by atoms with van der Waals surface area (Å²) in [5.74, 6) is 3.57. The van der Waals surface area contributed by atoms with Crippen molar-refractivity contribution in [1.29, 1.82) is 0 Å². The highest BCUT2D eigenvalue weighted by molar-refractivity contribution is 5.98. The number of aromatic nitrogens is 2. The summed E-state index contributed by atoms with van der Waals surface area (Å²) in [5.41, 5.74) is 3.60. The van der Waals surface area contributed by atoms with E-state index in [-0.39, 0.29) is 29.1 Å². The fraction of sp³-hybridized carbons (Fsp3) is 0.419. The number of ether oxygens (including phenoxy) is 3. The molecule has 0 radical (unpaired) electrons. The smallest absolute Gasteiger partial charge is 0.227 e. The molecule has 1 unspecified atom stereocenters. The lowest BCUT2D eigenvalue weighted by molar-refractivity contribution is -0.129. The number of Topliss-reactive ketones (excluding diaryl/α,β-unsaturated/α-hetero) is 1. The van der Waals surface area contributed by atoms with Crippen molar-refractivity contribution >= 4 is 22.7 Å². The maximum atomic E-state index is 14.0. The number of furan rings is 1. The van der Waals surface area contributed by atoms with Crippen LogP contribution in [0.1, 0.15) is 67.0 Å². The Bertz CT molecular complexity index is 2030. The molecule has 1 amide bonds. The Labute approximate surface area is 311 Å². The second kappa shape index (κ2) is 15.9. The number of benzene rings is 3. The number of ketones is 1. The number of fused-ring (bicyclic) bond motifs is 1.